The minimum atomic E-state index is -0.143. The molecule has 1 fully saturated rings. The van der Waals surface area contributed by atoms with Gasteiger partial charge in [-0.1, -0.05) is 6.92 Å². The Morgan fingerprint density at radius 1 is 1.35 bits per heavy atom. The molecule has 1 aliphatic heterocycles. The van der Waals surface area contributed by atoms with Crippen LogP contribution in [0.3, 0.4) is 0 Å². The molecule has 0 bridgehead atoms. The van der Waals surface area contributed by atoms with Gasteiger partial charge in [-0.05, 0) is 49.9 Å². The fourth-order valence-corrected chi connectivity index (χ4v) is 2.88. The first kappa shape index (κ1) is 17.8. The van der Waals surface area contributed by atoms with Gasteiger partial charge in [0.1, 0.15) is 5.75 Å². The summed E-state index contributed by atoms with van der Waals surface area (Å²) in [6.07, 6.45) is 3.80. The molecular weight excluding hydrogens is 292 g/mol. The van der Waals surface area contributed by atoms with Gasteiger partial charge in [0.15, 0.2) is 0 Å². The molecule has 128 valence electrons. The zero-order chi connectivity index (χ0) is 16.7. The van der Waals surface area contributed by atoms with E-state index in [-0.39, 0.29) is 12.0 Å². The van der Waals surface area contributed by atoms with E-state index in [9.17, 15) is 9.90 Å². The van der Waals surface area contributed by atoms with E-state index in [2.05, 4.69) is 17.1 Å². The van der Waals surface area contributed by atoms with Gasteiger partial charge in [0.05, 0.1) is 13.2 Å². The number of anilines is 1. The van der Waals surface area contributed by atoms with Gasteiger partial charge in [-0.3, -0.25) is 4.79 Å². The molecular formula is C18H28N2O3. The zero-order valence-corrected chi connectivity index (χ0v) is 14.2. The number of hydrogen-bond donors (Lipinski definition) is 2. The Labute approximate surface area is 138 Å². The van der Waals surface area contributed by atoms with Crippen LogP contribution in [0.1, 0.15) is 38.2 Å². The summed E-state index contributed by atoms with van der Waals surface area (Å²) in [7, 11) is 1.63. The van der Waals surface area contributed by atoms with Gasteiger partial charge < -0.3 is 20.1 Å². The first-order valence-electron chi connectivity index (χ1n) is 8.49. The number of nitrogens with zero attached hydrogens (tertiary/aromatic N) is 1. The number of aryl methyl sites for hydroxylation is 1. The van der Waals surface area contributed by atoms with Gasteiger partial charge in [-0.2, -0.15) is 0 Å². The number of piperidine rings is 1. The van der Waals surface area contributed by atoms with Crippen LogP contribution in [0, 0.1) is 0 Å². The van der Waals surface area contributed by atoms with Crippen LogP contribution in [0.2, 0.25) is 0 Å². The third-order valence-electron chi connectivity index (χ3n) is 4.33. The number of carbonyl (C=O) groups excluding carboxylic acids is 1. The predicted molar refractivity (Wildman–Crippen MR) is 91.9 cm³/mol. The summed E-state index contributed by atoms with van der Waals surface area (Å²) in [4.78, 5) is 14.4. The van der Waals surface area contributed by atoms with Crippen molar-refractivity contribution in [2.45, 2.75) is 45.1 Å². The molecule has 1 heterocycles. The van der Waals surface area contributed by atoms with Crippen LogP contribution >= 0.6 is 0 Å². The van der Waals surface area contributed by atoms with Crippen LogP contribution in [0.5, 0.6) is 5.75 Å². The van der Waals surface area contributed by atoms with Crippen molar-refractivity contribution in [3.63, 3.8) is 0 Å². The zero-order valence-electron chi connectivity index (χ0n) is 14.2. The summed E-state index contributed by atoms with van der Waals surface area (Å²) in [5.74, 6) is 0.809. The van der Waals surface area contributed by atoms with Crippen molar-refractivity contribution < 1.29 is 14.6 Å². The van der Waals surface area contributed by atoms with E-state index >= 15 is 0 Å². The van der Waals surface area contributed by atoms with Crippen molar-refractivity contribution in [2.75, 3.05) is 32.1 Å². The molecule has 23 heavy (non-hydrogen) atoms. The SMILES string of the molecule is CCc1cc(NC(=O)CCCN2CCC(O)CC2)cc(OC)c1. The van der Waals surface area contributed by atoms with E-state index in [0.717, 1.165) is 62.3 Å². The average Bonchev–Trinajstić information content (AvgIpc) is 2.56. The highest BCUT2D eigenvalue weighted by Crippen LogP contribution is 2.21. The molecule has 0 atom stereocenters. The van der Waals surface area contributed by atoms with Crippen LogP contribution in [0.15, 0.2) is 18.2 Å². The van der Waals surface area contributed by atoms with Crippen LogP contribution in [-0.2, 0) is 11.2 Å². The van der Waals surface area contributed by atoms with Crippen molar-refractivity contribution in [3.8, 4) is 5.75 Å². The number of hydrogen-bond acceptors (Lipinski definition) is 4. The number of methoxy groups -OCH3 is 1. The minimum absolute atomic E-state index is 0.0392. The van der Waals surface area contributed by atoms with Gasteiger partial charge in [0.25, 0.3) is 0 Å². The standard InChI is InChI=1S/C18H28N2O3/c1-3-14-11-15(13-17(12-14)23-2)19-18(22)5-4-8-20-9-6-16(21)7-10-20/h11-13,16,21H,3-10H2,1-2H3,(H,19,22). The lowest BCUT2D eigenvalue weighted by molar-refractivity contribution is -0.116. The Morgan fingerprint density at radius 3 is 2.74 bits per heavy atom. The van der Waals surface area contributed by atoms with Gasteiger partial charge >= 0.3 is 0 Å². The van der Waals surface area contributed by atoms with E-state index in [1.54, 1.807) is 7.11 Å². The van der Waals surface area contributed by atoms with E-state index in [0.29, 0.717) is 6.42 Å². The molecule has 1 amide bonds. The molecule has 0 unspecified atom stereocenters. The van der Waals surface area contributed by atoms with Gasteiger partial charge in [0.2, 0.25) is 5.91 Å². The fraction of sp³-hybridized carbons (Fsp3) is 0.611. The number of carbonyl (C=O) groups is 1. The monoisotopic (exact) mass is 320 g/mol. The highest BCUT2D eigenvalue weighted by Gasteiger charge is 2.16. The number of likely N-dealkylation sites (tertiary alicyclic amines) is 1. The van der Waals surface area contributed by atoms with E-state index in [1.807, 2.05) is 18.2 Å². The van der Waals surface area contributed by atoms with Crippen molar-refractivity contribution in [1.82, 2.24) is 4.90 Å². The number of ether oxygens (including phenoxy) is 1. The molecule has 2 N–H and O–H groups in total. The number of nitrogens with one attached hydrogen (secondary N) is 1. The largest absolute Gasteiger partial charge is 0.497 e. The Balaban J connectivity index is 1.76. The van der Waals surface area contributed by atoms with Crippen LogP contribution in [0.4, 0.5) is 5.69 Å². The number of rotatable bonds is 7. The molecule has 0 aliphatic carbocycles. The molecule has 0 radical (unpaired) electrons. The number of amides is 1. The summed E-state index contributed by atoms with van der Waals surface area (Å²) in [5.41, 5.74) is 1.94. The Hall–Kier alpha value is -1.59. The van der Waals surface area contributed by atoms with E-state index in [1.165, 1.54) is 0 Å². The lowest BCUT2D eigenvalue weighted by Crippen LogP contribution is -2.36. The Bertz CT molecular complexity index is 489. The molecule has 5 heteroatoms. The van der Waals surface area contributed by atoms with Gasteiger partial charge in [-0.15, -0.1) is 0 Å². The quantitative estimate of drug-likeness (QED) is 0.810. The smallest absolute Gasteiger partial charge is 0.224 e. The maximum Gasteiger partial charge on any atom is 0.224 e. The highest BCUT2D eigenvalue weighted by atomic mass is 16.5. The van der Waals surface area contributed by atoms with Crippen molar-refractivity contribution in [2.24, 2.45) is 0 Å². The fourth-order valence-electron chi connectivity index (χ4n) is 2.88. The second-order valence-corrected chi connectivity index (χ2v) is 6.15. The van der Waals surface area contributed by atoms with Gasteiger partial charge in [-0.25, -0.2) is 0 Å². The number of benzene rings is 1. The summed E-state index contributed by atoms with van der Waals surface area (Å²) in [6, 6.07) is 5.83. The molecule has 1 aromatic carbocycles. The predicted octanol–water partition coefficient (Wildman–Crippen LogP) is 2.43. The normalized spacial score (nSPS) is 16.3. The lowest BCUT2D eigenvalue weighted by Gasteiger charge is -2.29. The van der Waals surface area contributed by atoms with Crippen LogP contribution in [0.25, 0.3) is 0 Å². The first-order valence-corrected chi connectivity index (χ1v) is 8.49. The summed E-state index contributed by atoms with van der Waals surface area (Å²) in [6.45, 7) is 4.85. The highest BCUT2D eigenvalue weighted by molar-refractivity contribution is 5.91. The van der Waals surface area contributed by atoms with Crippen molar-refractivity contribution in [3.05, 3.63) is 23.8 Å². The maximum atomic E-state index is 12.1. The molecule has 0 saturated carbocycles. The van der Waals surface area contributed by atoms with Crippen molar-refractivity contribution in [1.29, 1.82) is 0 Å². The van der Waals surface area contributed by atoms with Crippen molar-refractivity contribution >= 4 is 11.6 Å². The summed E-state index contributed by atoms with van der Waals surface area (Å²) in [5, 5.41) is 12.4. The minimum Gasteiger partial charge on any atom is -0.497 e. The average molecular weight is 320 g/mol. The molecule has 5 nitrogen and oxygen atoms in total. The van der Waals surface area contributed by atoms with Gasteiger partial charge in [0, 0.05) is 31.3 Å². The molecule has 1 saturated heterocycles. The Kier molecular flexibility index (Phi) is 6.86. The molecule has 1 aromatic rings. The molecule has 1 aliphatic rings. The number of aliphatic hydroxyl groups is 1. The van der Waals surface area contributed by atoms with E-state index in [4.69, 9.17) is 4.74 Å². The third-order valence-corrected chi connectivity index (χ3v) is 4.33. The maximum absolute atomic E-state index is 12.1. The molecule has 0 spiro atoms. The number of aliphatic hydroxyl groups excluding tert-OH is 1. The van der Waals surface area contributed by atoms with E-state index < -0.39 is 0 Å². The first-order chi connectivity index (χ1) is 11.1. The summed E-state index contributed by atoms with van der Waals surface area (Å²) >= 11 is 0. The topological polar surface area (TPSA) is 61.8 Å². The third kappa shape index (κ3) is 5.84. The molecule has 2 rings (SSSR count). The second kappa shape index (κ2) is 8.89. The summed E-state index contributed by atoms with van der Waals surface area (Å²) < 4.78 is 5.27. The lowest BCUT2D eigenvalue weighted by atomic mass is 10.1. The second-order valence-electron chi connectivity index (χ2n) is 6.15. The Morgan fingerprint density at radius 2 is 2.09 bits per heavy atom. The van der Waals surface area contributed by atoms with Crippen LogP contribution < -0.4 is 10.1 Å². The van der Waals surface area contributed by atoms with Crippen LogP contribution in [-0.4, -0.2) is 48.8 Å². The molecule has 0 aromatic heterocycles.